The van der Waals surface area contributed by atoms with Crippen LogP contribution in [0.1, 0.15) is 11.5 Å². The van der Waals surface area contributed by atoms with Gasteiger partial charge >= 0.3 is 11.9 Å². The lowest BCUT2D eigenvalue weighted by Gasteiger charge is -2.16. The van der Waals surface area contributed by atoms with Crippen molar-refractivity contribution in [1.82, 2.24) is 0 Å². The van der Waals surface area contributed by atoms with Gasteiger partial charge in [-0.2, -0.15) is 0 Å². The van der Waals surface area contributed by atoms with E-state index in [1.807, 2.05) is 0 Å². The Bertz CT molecular complexity index is 452. The highest BCUT2D eigenvalue weighted by atomic mass is 16.5. The van der Waals surface area contributed by atoms with Gasteiger partial charge < -0.3 is 18.9 Å². The van der Waals surface area contributed by atoms with Crippen LogP contribution in [0.4, 0.5) is 0 Å². The highest BCUT2D eigenvalue weighted by Crippen LogP contribution is 2.32. The Morgan fingerprint density at radius 3 is 1.95 bits per heavy atom. The third-order valence-corrected chi connectivity index (χ3v) is 2.62. The van der Waals surface area contributed by atoms with E-state index in [4.69, 9.17) is 9.47 Å². The van der Waals surface area contributed by atoms with Gasteiger partial charge in [0.25, 0.3) is 0 Å². The summed E-state index contributed by atoms with van der Waals surface area (Å²) in [5, 5.41) is 0. The van der Waals surface area contributed by atoms with Crippen LogP contribution in [0.25, 0.3) is 0 Å². The second-order valence-corrected chi connectivity index (χ2v) is 3.59. The smallest absolute Gasteiger partial charge is 0.324 e. The molecule has 0 amide bonds. The minimum absolute atomic E-state index is 0.334. The second kappa shape index (κ2) is 6.63. The Hall–Kier alpha value is -2.24. The van der Waals surface area contributed by atoms with Crippen molar-refractivity contribution in [3.63, 3.8) is 0 Å². The molecule has 1 aromatic rings. The number of rotatable bonds is 5. The Morgan fingerprint density at radius 2 is 1.53 bits per heavy atom. The van der Waals surface area contributed by atoms with E-state index in [-0.39, 0.29) is 0 Å². The van der Waals surface area contributed by atoms with Crippen molar-refractivity contribution in [2.75, 3.05) is 28.4 Å². The SMILES string of the molecule is COC(=O)C(C(=O)OC)c1cc(OC)ccc1OC. The van der Waals surface area contributed by atoms with E-state index in [1.165, 1.54) is 34.5 Å². The number of hydrogen-bond acceptors (Lipinski definition) is 6. The molecule has 0 aliphatic carbocycles. The quantitative estimate of drug-likeness (QED) is 0.589. The molecule has 6 heteroatoms. The molecule has 19 heavy (non-hydrogen) atoms. The molecule has 0 saturated heterocycles. The highest BCUT2D eigenvalue weighted by Gasteiger charge is 2.33. The van der Waals surface area contributed by atoms with Gasteiger partial charge in [-0.1, -0.05) is 0 Å². The van der Waals surface area contributed by atoms with Crippen LogP contribution in [0.5, 0.6) is 11.5 Å². The molecule has 0 bridgehead atoms. The fraction of sp³-hybridized carbons (Fsp3) is 0.385. The summed E-state index contributed by atoms with van der Waals surface area (Å²) in [7, 11) is 5.32. The molecule has 0 saturated carbocycles. The predicted octanol–water partition coefficient (Wildman–Crippen LogP) is 1.13. The van der Waals surface area contributed by atoms with Crippen LogP contribution in [-0.4, -0.2) is 40.4 Å². The van der Waals surface area contributed by atoms with E-state index in [0.29, 0.717) is 17.1 Å². The van der Waals surface area contributed by atoms with Gasteiger partial charge in [-0.3, -0.25) is 9.59 Å². The summed E-state index contributed by atoms with van der Waals surface area (Å²) >= 11 is 0. The van der Waals surface area contributed by atoms with Crippen LogP contribution in [-0.2, 0) is 19.1 Å². The van der Waals surface area contributed by atoms with E-state index >= 15 is 0 Å². The predicted molar refractivity (Wildman–Crippen MR) is 66.3 cm³/mol. The lowest BCUT2D eigenvalue weighted by atomic mass is 9.98. The van der Waals surface area contributed by atoms with Crippen LogP contribution < -0.4 is 9.47 Å². The maximum absolute atomic E-state index is 11.8. The first kappa shape index (κ1) is 14.8. The molecule has 0 N–H and O–H groups in total. The molecule has 1 rings (SSSR count). The van der Waals surface area contributed by atoms with E-state index in [2.05, 4.69) is 9.47 Å². The Morgan fingerprint density at radius 1 is 0.947 bits per heavy atom. The zero-order valence-corrected chi connectivity index (χ0v) is 11.3. The van der Waals surface area contributed by atoms with Crippen molar-refractivity contribution in [2.24, 2.45) is 0 Å². The van der Waals surface area contributed by atoms with E-state index in [1.54, 1.807) is 12.1 Å². The topological polar surface area (TPSA) is 71.1 Å². The second-order valence-electron chi connectivity index (χ2n) is 3.59. The Labute approximate surface area is 111 Å². The fourth-order valence-electron chi connectivity index (χ4n) is 1.65. The Kier molecular flexibility index (Phi) is 5.17. The monoisotopic (exact) mass is 268 g/mol. The minimum atomic E-state index is -1.21. The van der Waals surface area contributed by atoms with Gasteiger partial charge in [-0.25, -0.2) is 0 Å². The van der Waals surface area contributed by atoms with Crippen LogP contribution in [0.2, 0.25) is 0 Å². The molecule has 0 fully saturated rings. The van der Waals surface area contributed by atoms with Crippen molar-refractivity contribution in [3.05, 3.63) is 23.8 Å². The van der Waals surface area contributed by atoms with Gasteiger partial charge in [0.1, 0.15) is 11.5 Å². The molecule has 104 valence electrons. The van der Waals surface area contributed by atoms with E-state index in [9.17, 15) is 9.59 Å². The molecule has 6 nitrogen and oxygen atoms in total. The molecule has 0 spiro atoms. The van der Waals surface area contributed by atoms with Gasteiger partial charge in [0.2, 0.25) is 0 Å². The van der Waals surface area contributed by atoms with Crippen molar-refractivity contribution in [3.8, 4) is 11.5 Å². The summed E-state index contributed by atoms with van der Waals surface area (Å²) in [6.07, 6.45) is 0. The first-order valence-corrected chi connectivity index (χ1v) is 5.46. The van der Waals surface area contributed by atoms with Crippen LogP contribution >= 0.6 is 0 Å². The van der Waals surface area contributed by atoms with Crippen molar-refractivity contribution in [1.29, 1.82) is 0 Å². The minimum Gasteiger partial charge on any atom is -0.497 e. The average Bonchev–Trinajstić information content (AvgIpc) is 2.46. The molecule has 0 radical (unpaired) electrons. The number of ether oxygens (including phenoxy) is 4. The third kappa shape index (κ3) is 3.15. The number of hydrogen-bond donors (Lipinski definition) is 0. The molecular weight excluding hydrogens is 252 g/mol. The van der Waals surface area contributed by atoms with Gasteiger partial charge in [0.05, 0.1) is 28.4 Å². The lowest BCUT2D eigenvalue weighted by Crippen LogP contribution is -2.25. The maximum Gasteiger partial charge on any atom is 0.324 e. The van der Waals surface area contributed by atoms with E-state index < -0.39 is 17.9 Å². The average molecular weight is 268 g/mol. The summed E-state index contributed by atoms with van der Waals surface area (Å²) in [5.41, 5.74) is 0.334. The summed E-state index contributed by atoms with van der Waals surface area (Å²) in [4.78, 5) is 23.5. The summed E-state index contributed by atoms with van der Waals surface area (Å²) in [6, 6.07) is 4.80. The van der Waals surface area contributed by atoms with E-state index in [0.717, 1.165) is 0 Å². The molecule has 0 atom stereocenters. The zero-order chi connectivity index (χ0) is 14.4. The zero-order valence-electron chi connectivity index (χ0n) is 11.3. The number of esters is 2. The number of methoxy groups -OCH3 is 4. The van der Waals surface area contributed by atoms with Gasteiger partial charge in [-0.15, -0.1) is 0 Å². The molecule has 0 aliphatic heterocycles. The maximum atomic E-state index is 11.8. The number of carbonyl (C=O) groups excluding carboxylic acids is 2. The van der Waals surface area contributed by atoms with Gasteiger partial charge in [-0.05, 0) is 18.2 Å². The Balaban J connectivity index is 3.34. The van der Waals surface area contributed by atoms with Crippen molar-refractivity contribution in [2.45, 2.75) is 5.92 Å². The van der Waals surface area contributed by atoms with Crippen LogP contribution in [0.15, 0.2) is 18.2 Å². The van der Waals surface area contributed by atoms with Gasteiger partial charge in [0, 0.05) is 5.56 Å². The van der Waals surface area contributed by atoms with Crippen LogP contribution in [0, 0.1) is 0 Å². The largest absolute Gasteiger partial charge is 0.497 e. The third-order valence-electron chi connectivity index (χ3n) is 2.62. The first-order valence-electron chi connectivity index (χ1n) is 5.46. The fourth-order valence-corrected chi connectivity index (χ4v) is 1.65. The lowest BCUT2D eigenvalue weighted by molar-refractivity contribution is -0.154. The van der Waals surface area contributed by atoms with Crippen molar-refractivity contribution < 1.29 is 28.5 Å². The molecule has 0 heterocycles. The first-order chi connectivity index (χ1) is 9.08. The number of carbonyl (C=O) groups is 2. The summed E-state index contributed by atoms with van der Waals surface area (Å²) in [5.74, 6) is -1.79. The molecule has 1 aromatic carbocycles. The van der Waals surface area contributed by atoms with Crippen molar-refractivity contribution >= 4 is 11.9 Å². The summed E-state index contributed by atoms with van der Waals surface area (Å²) < 4.78 is 19.5. The molecule has 0 unspecified atom stereocenters. The molecule has 0 aromatic heterocycles. The highest BCUT2D eigenvalue weighted by molar-refractivity contribution is 6.01. The van der Waals surface area contributed by atoms with Gasteiger partial charge in [0.15, 0.2) is 5.92 Å². The molecule has 0 aliphatic rings. The number of benzene rings is 1. The van der Waals surface area contributed by atoms with Crippen LogP contribution in [0.3, 0.4) is 0 Å². The molecular formula is C13H16O6. The standard InChI is InChI=1S/C13H16O6/c1-16-8-5-6-10(17-2)9(7-8)11(12(14)18-3)13(15)19-4/h5-7,11H,1-4H3. The summed E-state index contributed by atoms with van der Waals surface area (Å²) in [6.45, 7) is 0. The normalized spacial score (nSPS) is 9.95.